The van der Waals surface area contributed by atoms with E-state index in [4.69, 9.17) is 26.9 Å². The molecule has 0 atom stereocenters. The van der Waals surface area contributed by atoms with E-state index in [0.717, 1.165) is 0 Å². The molecule has 74 valence electrons. The van der Waals surface area contributed by atoms with Gasteiger partial charge in [0, 0.05) is 10.6 Å². The van der Waals surface area contributed by atoms with Crippen molar-refractivity contribution in [1.82, 2.24) is 0 Å². The third-order valence-electron chi connectivity index (χ3n) is 1.77. The maximum atomic E-state index is 8.75. The molecule has 0 fully saturated rings. The van der Waals surface area contributed by atoms with Crippen LogP contribution in [0.25, 0.3) is 0 Å². The molecule has 0 saturated heterocycles. The van der Waals surface area contributed by atoms with Crippen LogP contribution in [0, 0.1) is 22.7 Å². The van der Waals surface area contributed by atoms with Gasteiger partial charge in [-0.05, 0) is 18.2 Å². The fourth-order valence-electron chi connectivity index (χ4n) is 1.09. The molecule has 0 radical (unpaired) electrons. The lowest BCUT2D eigenvalue weighted by Crippen LogP contribution is -1.93. The Hall–Kier alpha value is -1.97. The molecule has 3 nitrogen and oxygen atoms in total. The van der Waals surface area contributed by atoms with Crippen LogP contribution in [0.2, 0.25) is 0 Å². The van der Waals surface area contributed by atoms with E-state index in [-0.39, 0.29) is 5.57 Å². The number of rotatable bonds is 1. The smallest absolute Gasteiger partial charge is 0.140 e. The summed E-state index contributed by atoms with van der Waals surface area (Å²) < 4.78 is 5.06. The van der Waals surface area contributed by atoms with Gasteiger partial charge in [-0.3, -0.25) is 0 Å². The summed E-state index contributed by atoms with van der Waals surface area (Å²) in [6.07, 6.45) is 6.49. The van der Waals surface area contributed by atoms with Crippen molar-refractivity contribution in [2.45, 2.75) is 0 Å². The van der Waals surface area contributed by atoms with Crippen LogP contribution in [-0.4, -0.2) is 7.11 Å². The third-order valence-corrected chi connectivity index (χ3v) is 2.00. The topological polar surface area (TPSA) is 56.8 Å². The van der Waals surface area contributed by atoms with Gasteiger partial charge in [0.15, 0.2) is 0 Å². The van der Waals surface area contributed by atoms with Crippen LogP contribution in [0.1, 0.15) is 0 Å². The summed E-state index contributed by atoms with van der Waals surface area (Å²) in [6.45, 7) is 0. The lowest BCUT2D eigenvalue weighted by Gasteiger charge is -2.05. The van der Waals surface area contributed by atoms with Gasteiger partial charge >= 0.3 is 0 Å². The molecule has 0 aliphatic heterocycles. The van der Waals surface area contributed by atoms with Crippen molar-refractivity contribution >= 4 is 11.6 Å². The molecule has 0 aromatic carbocycles. The summed E-state index contributed by atoms with van der Waals surface area (Å²) in [5.74, 6) is 0.406. The first-order chi connectivity index (χ1) is 7.22. The number of hydrogen-bond donors (Lipinski definition) is 0. The highest BCUT2D eigenvalue weighted by molar-refractivity contribution is 6.31. The van der Waals surface area contributed by atoms with Gasteiger partial charge in [-0.2, -0.15) is 10.5 Å². The van der Waals surface area contributed by atoms with Crippen LogP contribution < -0.4 is 0 Å². The van der Waals surface area contributed by atoms with Gasteiger partial charge in [-0.15, -0.1) is 0 Å². The molecule has 0 N–H and O–H groups in total. The first-order valence-electron chi connectivity index (χ1n) is 4.07. The minimum absolute atomic E-state index is 0.000818. The molecule has 0 amide bonds. The maximum Gasteiger partial charge on any atom is 0.140 e. The van der Waals surface area contributed by atoms with Gasteiger partial charge in [-0.1, -0.05) is 17.7 Å². The Bertz CT molecular complexity index is 454. The lowest BCUT2D eigenvalue weighted by molar-refractivity contribution is 0.302. The van der Waals surface area contributed by atoms with Crippen LogP contribution in [0.15, 0.2) is 46.2 Å². The van der Waals surface area contributed by atoms with E-state index in [0.29, 0.717) is 16.4 Å². The number of ether oxygens (including phenoxy) is 1. The van der Waals surface area contributed by atoms with Crippen molar-refractivity contribution in [3.63, 3.8) is 0 Å². The third kappa shape index (κ3) is 2.49. The SMILES string of the molecule is COC1=CC(Cl)=CC=CC1=C(C#N)C#N. The highest BCUT2D eigenvalue weighted by atomic mass is 35.5. The molecule has 15 heavy (non-hydrogen) atoms. The van der Waals surface area contributed by atoms with Crippen LogP contribution in [0.5, 0.6) is 0 Å². The van der Waals surface area contributed by atoms with Gasteiger partial charge in [0.2, 0.25) is 0 Å². The van der Waals surface area contributed by atoms with E-state index in [1.807, 2.05) is 12.1 Å². The Morgan fingerprint density at radius 2 is 2.07 bits per heavy atom. The highest BCUT2D eigenvalue weighted by Gasteiger charge is 2.11. The van der Waals surface area contributed by atoms with E-state index >= 15 is 0 Å². The molecule has 0 heterocycles. The van der Waals surface area contributed by atoms with E-state index in [1.54, 1.807) is 24.3 Å². The van der Waals surface area contributed by atoms with Crippen LogP contribution in [0.4, 0.5) is 0 Å². The standard InChI is InChI=1S/C11H7ClN2O/c1-15-11-5-9(12)3-2-4-10(11)8(6-13)7-14/h2-5H,1H3. The van der Waals surface area contributed by atoms with Crippen molar-refractivity contribution in [3.05, 3.63) is 46.2 Å². The minimum Gasteiger partial charge on any atom is -0.496 e. The first kappa shape index (κ1) is 11.1. The van der Waals surface area contributed by atoms with Gasteiger partial charge in [0.05, 0.1) is 7.11 Å². The summed E-state index contributed by atoms with van der Waals surface area (Å²) >= 11 is 5.82. The summed E-state index contributed by atoms with van der Waals surface area (Å²) in [6, 6.07) is 3.62. The summed E-state index contributed by atoms with van der Waals surface area (Å²) in [4.78, 5) is 0. The lowest BCUT2D eigenvalue weighted by atomic mass is 10.1. The molecule has 0 aromatic heterocycles. The minimum atomic E-state index is -0.000818. The van der Waals surface area contributed by atoms with E-state index in [9.17, 15) is 0 Å². The zero-order valence-corrected chi connectivity index (χ0v) is 8.75. The summed E-state index contributed by atoms with van der Waals surface area (Å²) in [5.41, 5.74) is 0.438. The Labute approximate surface area is 92.8 Å². The number of methoxy groups -OCH3 is 1. The predicted molar refractivity (Wildman–Crippen MR) is 56.4 cm³/mol. The van der Waals surface area contributed by atoms with Crippen LogP contribution in [-0.2, 0) is 4.74 Å². The molecule has 4 heteroatoms. The van der Waals surface area contributed by atoms with Crippen molar-refractivity contribution in [2.75, 3.05) is 7.11 Å². The number of halogens is 1. The van der Waals surface area contributed by atoms with Crippen LogP contribution >= 0.6 is 11.6 Å². The number of hydrogen-bond acceptors (Lipinski definition) is 3. The Morgan fingerprint density at radius 3 is 2.60 bits per heavy atom. The van der Waals surface area contributed by atoms with Gasteiger partial charge in [0.25, 0.3) is 0 Å². The van der Waals surface area contributed by atoms with Crippen molar-refractivity contribution in [2.24, 2.45) is 0 Å². The van der Waals surface area contributed by atoms with Gasteiger partial charge < -0.3 is 4.74 Å². The number of allylic oxidation sites excluding steroid dienone is 6. The molecule has 0 bridgehead atoms. The molecular formula is C11H7ClN2O. The second kappa shape index (κ2) is 5.05. The van der Waals surface area contributed by atoms with Crippen molar-refractivity contribution in [1.29, 1.82) is 10.5 Å². The fourth-order valence-corrected chi connectivity index (χ4v) is 1.26. The molecule has 1 aliphatic rings. The molecule has 0 unspecified atom stereocenters. The summed E-state index contributed by atoms with van der Waals surface area (Å²) in [5, 5.41) is 18.0. The Balaban J connectivity index is 3.36. The first-order valence-corrected chi connectivity index (χ1v) is 4.45. The monoisotopic (exact) mass is 218 g/mol. The van der Waals surface area contributed by atoms with Gasteiger partial charge in [0.1, 0.15) is 23.5 Å². The maximum absolute atomic E-state index is 8.75. The Kier molecular flexibility index (Phi) is 3.74. The zero-order chi connectivity index (χ0) is 11.3. The molecule has 0 saturated carbocycles. The quantitative estimate of drug-likeness (QED) is 0.636. The van der Waals surface area contributed by atoms with Crippen LogP contribution in [0.3, 0.4) is 0 Å². The number of nitriles is 2. The van der Waals surface area contributed by atoms with Crippen molar-refractivity contribution < 1.29 is 4.74 Å². The zero-order valence-electron chi connectivity index (χ0n) is 7.99. The van der Waals surface area contributed by atoms with E-state index in [2.05, 4.69) is 0 Å². The average Bonchev–Trinajstić information content (AvgIpc) is 2.42. The average molecular weight is 219 g/mol. The van der Waals surface area contributed by atoms with Gasteiger partial charge in [-0.25, -0.2) is 0 Å². The highest BCUT2D eigenvalue weighted by Crippen LogP contribution is 2.23. The fraction of sp³-hybridized carbons (Fsp3) is 0.0909. The Morgan fingerprint density at radius 1 is 1.40 bits per heavy atom. The molecule has 1 aliphatic carbocycles. The predicted octanol–water partition coefficient (Wildman–Crippen LogP) is 2.55. The molecular weight excluding hydrogens is 212 g/mol. The summed E-state index contributed by atoms with van der Waals surface area (Å²) in [7, 11) is 1.46. The number of nitrogens with zero attached hydrogens (tertiary/aromatic N) is 2. The molecule has 0 aromatic rings. The molecule has 0 spiro atoms. The normalized spacial score (nSPS) is 14.3. The van der Waals surface area contributed by atoms with E-state index in [1.165, 1.54) is 7.11 Å². The van der Waals surface area contributed by atoms with E-state index < -0.39 is 0 Å². The van der Waals surface area contributed by atoms with Crippen molar-refractivity contribution in [3.8, 4) is 12.1 Å². The second-order valence-electron chi connectivity index (χ2n) is 2.64. The largest absolute Gasteiger partial charge is 0.496 e. The molecule has 1 rings (SSSR count). The second-order valence-corrected chi connectivity index (χ2v) is 3.07.